The van der Waals surface area contributed by atoms with Gasteiger partial charge in [0.05, 0.1) is 12.5 Å². The average molecular weight is 386 g/mol. The van der Waals surface area contributed by atoms with Crippen molar-refractivity contribution in [2.45, 2.75) is 31.6 Å². The van der Waals surface area contributed by atoms with Crippen molar-refractivity contribution in [2.24, 2.45) is 0 Å². The topological polar surface area (TPSA) is 62.3 Å². The minimum atomic E-state index is -0.425. The number of piperidine rings is 1. The summed E-state index contributed by atoms with van der Waals surface area (Å²) in [4.78, 5) is 31.4. The first kappa shape index (κ1) is 19.4. The third-order valence-corrected chi connectivity index (χ3v) is 5.10. The molecule has 0 spiro atoms. The molecule has 2 heterocycles. The lowest BCUT2D eigenvalue weighted by Gasteiger charge is -2.27. The van der Waals surface area contributed by atoms with E-state index in [0.29, 0.717) is 11.4 Å². The zero-order valence-corrected chi connectivity index (χ0v) is 16.0. The van der Waals surface area contributed by atoms with Gasteiger partial charge in [-0.25, -0.2) is 0 Å². The molecule has 1 saturated heterocycles. The van der Waals surface area contributed by atoms with Crippen LogP contribution in [0.5, 0.6) is 0 Å². The monoisotopic (exact) mass is 385 g/mol. The van der Waals surface area contributed by atoms with Crippen molar-refractivity contribution < 1.29 is 9.59 Å². The number of carbonyl (C=O) groups is 2. The molecule has 3 rings (SSSR count). The van der Waals surface area contributed by atoms with Crippen molar-refractivity contribution in [3.05, 3.63) is 64.9 Å². The lowest BCUT2D eigenvalue weighted by atomic mass is 9.93. The minimum absolute atomic E-state index is 0.0178. The molecule has 0 aliphatic carbocycles. The third kappa shape index (κ3) is 5.54. The maximum absolute atomic E-state index is 12.9. The van der Waals surface area contributed by atoms with Gasteiger partial charge in [-0.2, -0.15) is 0 Å². The van der Waals surface area contributed by atoms with Crippen molar-refractivity contribution in [1.29, 1.82) is 0 Å². The molecular formula is C21H24ClN3O2. The number of carbonyl (C=O) groups excluding carboxylic acids is 2. The average Bonchev–Trinajstić information content (AvgIpc) is 2.72. The van der Waals surface area contributed by atoms with Crippen LogP contribution in [0, 0.1) is 0 Å². The van der Waals surface area contributed by atoms with E-state index < -0.39 is 5.92 Å². The molecule has 0 bridgehead atoms. The summed E-state index contributed by atoms with van der Waals surface area (Å²) in [5.74, 6) is -0.615. The van der Waals surface area contributed by atoms with Crippen LogP contribution in [0.2, 0.25) is 5.02 Å². The number of halogens is 1. The molecule has 142 valence electrons. The van der Waals surface area contributed by atoms with Crippen LogP contribution >= 0.6 is 11.6 Å². The summed E-state index contributed by atoms with van der Waals surface area (Å²) in [7, 11) is 0. The normalized spacial score (nSPS) is 15.2. The molecule has 0 radical (unpaired) electrons. The van der Waals surface area contributed by atoms with E-state index in [4.69, 9.17) is 11.6 Å². The summed E-state index contributed by atoms with van der Waals surface area (Å²) < 4.78 is 0. The van der Waals surface area contributed by atoms with Gasteiger partial charge in [-0.1, -0.05) is 29.8 Å². The number of nitrogens with one attached hydrogen (secondary N) is 1. The van der Waals surface area contributed by atoms with Gasteiger partial charge in [0.2, 0.25) is 11.8 Å². The zero-order valence-electron chi connectivity index (χ0n) is 15.2. The molecule has 1 atom stereocenters. The molecule has 1 aliphatic rings. The number of amides is 2. The van der Waals surface area contributed by atoms with E-state index in [1.807, 2.05) is 35.2 Å². The number of hydrogen-bond acceptors (Lipinski definition) is 3. The van der Waals surface area contributed by atoms with Gasteiger partial charge in [-0.3, -0.25) is 14.6 Å². The van der Waals surface area contributed by atoms with E-state index in [0.717, 1.165) is 37.2 Å². The molecule has 6 heteroatoms. The van der Waals surface area contributed by atoms with Crippen LogP contribution in [-0.4, -0.2) is 41.3 Å². The number of hydrogen-bond donors (Lipinski definition) is 1. The second kappa shape index (κ2) is 9.51. The van der Waals surface area contributed by atoms with Gasteiger partial charge in [0.25, 0.3) is 0 Å². The van der Waals surface area contributed by atoms with Gasteiger partial charge >= 0.3 is 0 Å². The van der Waals surface area contributed by atoms with Crippen LogP contribution in [0.25, 0.3) is 0 Å². The van der Waals surface area contributed by atoms with E-state index in [9.17, 15) is 9.59 Å². The van der Waals surface area contributed by atoms with Gasteiger partial charge in [-0.05, 0) is 49.1 Å². The first-order valence-electron chi connectivity index (χ1n) is 9.34. The number of aromatic nitrogens is 1. The van der Waals surface area contributed by atoms with Gasteiger partial charge in [0.15, 0.2) is 0 Å². The second-order valence-electron chi connectivity index (χ2n) is 6.79. The Labute approximate surface area is 164 Å². The third-order valence-electron chi connectivity index (χ3n) is 4.85. The van der Waals surface area contributed by atoms with Crippen molar-refractivity contribution in [3.63, 3.8) is 0 Å². The Morgan fingerprint density at radius 1 is 1.07 bits per heavy atom. The largest absolute Gasteiger partial charge is 0.346 e. The zero-order chi connectivity index (χ0) is 19.1. The standard InChI is InChI=1S/C21H24ClN3O2/c22-17-9-7-16(8-10-17)19(14-18-6-2-3-11-23-18)21(27)24-15-20(26)25-12-4-1-5-13-25/h2-3,6-11,19H,1,4-5,12-15H2,(H,24,27). The lowest BCUT2D eigenvalue weighted by molar-refractivity contribution is -0.133. The van der Waals surface area contributed by atoms with Gasteiger partial charge in [-0.15, -0.1) is 0 Å². The predicted molar refractivity (Wildman–Crippen MR) is 106 cm³/mol. The molecule has 1 aromatic heterocycles. The Morgan fingerprint density at radius 2 is 1.81 bits per heavy atom. The summed E-state index contributed by atoms with van der Waals surface area (Å²) >= 11 is 5.98. The molecule has 0 saturated carbocycles. The van der Waals surface area contributed by atoms with Crippen molar-refractivity contribution in [3.8, 4) is 0 Å². The van der Waals surface area contributed by atoms with Crippen molar-refractivity contribution in [2.75, 3.05) is 19.6 Å². The summed E-state index contributed by atoms with van der Waals surface area (Å²) in [6.45, 7) is 1.59. The number of pyridine rings is 1. The quantitative estimate of drug-likeness (QED) is 0.830. The minimum Gasteiger partial charge on any atom is -0.346 e. The fourth-order valence-corrected chi connectivity index (χ4v) is 3.45. The summed E-state index contributed by atoms with van der Waals surface area (Å²) in [6, 6.07) is 12.9. The summed E-state index contributed by atoms with van der Waals surface area (Å²) in [6.07, 6.45) is 5.41. The first-order chi connectivity index (χ1) is 13.1. The molecule has 1 aliphatic heterocycles. The Balaban J connectivity index is 1.68. The maximum atomic E-state index is 12.9. The molecule has 2 aromatic rings. The van der Waals surface area contributed by atoms with E-state index in [-0.39, 0.29) is 18.4 Å². The van der Waals surface area contributed by atoms with E-state index >= 15 is 0 Å². The number of nitrogens with zero attached hydrogens (tertiary/aromatic N) is 2. The highest BCUT2D eigenvalue weighted by atomic mass is 35.5. The van der Waals surface area contributed by atoms with Gasteiger partial charge < -0.3 is 10.2 Å². The molecular weight excluding hydrogens is 362 g/mol. The van der Waals surface area contributed by atoms with Crippen LogP contribution in [0.4, 0.5) is 0 Å². The van der Waals surface area contributed by atoms with Crippen LogP contribution in [0.3, 0.4) is 0 Å². The van der Waals surface area contributed by atoms with E-state index in [1.165, 1.54) is 6.42 Å². The Hall–Kier alpha value is -2.40. The highest BCUT2D eigenvalue weighted by Crippen LogP contribution is 2.22. The van der Waals surface area contributed by atoms with Crippen LogP contribution in [-0.2, 0) is 16.0 Å². The highest BCUT2D eigenvalue weighted by Gasteiger charge is 2.23. The van der Waals surface area contributed by atoms with Crippen LogP contribution in [0.15, 0.2) is 48.7 Å². The Bertz CT molecular complexity index is 759. The van der Waals surface area contributed by atoms with Crippen molar-refractivity contribution in [1.82, 2.24) is 15.2 Å². The fourth-order valence-electron chi connectivity index (χ4n) is 3.33. The lowest BCUT2D eigenvalue weighted by Crippen LogP contribution is -2.43. The molecule has 27 heavy (non-hydrogen) atoms. The highest BCUT2D eigenvalue weighted by molar-refractivity contribution is 6.30. The fraction of sp³-hybridized carbons (Fsp3) is 0.381. The number of rotatable bonds is 6. The number of likely N-dealkylation sites (tertiary alicyclic amines) is 1. The smallest absolute Gasteiger partial charge is 0.241 e. The second-order valence-corrected chi connectivity index (χ2v) is 7.23. The maximum Gasteiger partial charge on any atom is 0.241 e. The Morgan fingerprint density at radius 3 is 2.48 bits per heavy atom. The Kier molecular flexibility index (Phi) is 6.82. The SMILES string of the molecule is O=C(NCC(=O)N1CCCCC1)C(Cc1ccccn1)c1ccc(Cl)cc1. The molecule has 2 amide bonds. The summed E-state index contributed by atoms with van der Waals surface area (Å²) in [5.41, 5.74) is 1.68. The molecule has 1 unspecified atom stereocenters. The van der Waals surface area contributed by atoms with Crippen LogP contribution < -0.4 is 5.32 Å². The predicted octanol–water partition coefficient (Wildman–Crippen LogP) is 3.19. The summed E-state index contributed by atoms with van der Waals surface area (Å²) in [5, 5.41) is 3.44. The van der Waals surface area contributed by atoms with E-state index in [1.54, 1.807) is 18.3 Å². The van der Waals surface area contributed by atoms with Gasteiger partial charge in [0.1, 0.15) is 0 Å². The van der Waals surface area contributed by atoms with Crippen molar-refractivity contribution >= 4 is 23.4 Å². The molecule has 1 aromatic carbocycles. The molecule has 5 nitrogen and oxygen atoms in total. The first-order valence-corrected chi connectivity index (χ1v) is 9.72. The van der Waals surface area contributed by atoms with Gasteiger partial charge in [0, 0.05) is 36.4 Å². The van der Waals surface area contributed by atoms with E-state index in [2.05, 4.69) is 10.3 Å². The molecule has 1 N–H and O–H groups in total. The number of benzene rings is 1. The molecule has 1 fully saturated rings. The van der Waals surface area contributed by atoms with Crippen LogP contribution in [0.1, 0.15) is 36.4 Å².